The number of hydrogen-bond acceptors (Lipinski definition) is 10. The van der Waals surface area contributed by atoms with Crippen LogP contribution < -0.4 is 10.6 Å². The van der Waals surface area contributed by atoms with Crippen LogP contribution >= 0.6 is 0 Å². The second kappa shape index (κ2) is 18.7. The number of aromatic hydroxyl groups is 4. The fraction of sp³-hybridized carbons (Fsp3) is 0.190. The van der Waals surface area contributed by atoms with E-state index >= 15 is 0 Å². The minimum atomic E-state index is -0.251. The highest BCUT2D eigenvalue weighted by Gasteiger charge is 2.07. The van der Waals surface area contributed by atoms with Crippen LogP contribution in [0.4, 0.5) is 0 Å². The number of aromatic nitrogens is 6. The first-order valence-corrected chi connectivity index (χ1v) is 18.1. The molecule has 0 spiro atoms. The van der Waals surface area contributed by atoms with Gasteiger partial charge in [-0.1, -0.05) is 71.1 Å². The molecule has 2 heterocycles. The van der Waals surface area contributed by atoms with Gasteiger partial charge in [-0.05, 0) is 95.5 Å². The Labute approximate surface area is 323 Å². The van der Waals surface area contributed by atoms with Gasteiger partial charge in [0.25, 0.3) is 0 Å². The molecule has 0 aliphatic rings. The number of amides is 2. The van der Waals surface area contributed by atoms with Crippen LogP contribution in [0.2, 0.25) is 0 Å². The van der Waals surface area contributed by atoms with Crippen molar-refractivity contribution in [1.82, 2.24) is 40.6 Å². The molecule has 0 fully saturated rings. The van der Waals surface area contributed by atoms with Crippen LogP contribution in [-0.2, 0) is 35.5 Å². The van der Waals surface area contributed by atoms with Crippen LogP contribution in [0.5, 0.6) is 23.0 Å². The molecule has 0 aliphatic carbocycles. The summed E-state index contributed by atoms with van der Waals surface area (Å²) in [5.74, 6) is -1.40. The molecule has 6 N–H and O–H groups in total. The predicted octanol–water partition coefficient (Wildman–Crippen LogP) is 4.98. The zero-order chi connectivity index (χ0) is 39.3. The highest BCUT2D eigenvalue weighted by Crippen LogP contribution is 2.26. The maximum absolute atomic E-state index is 12.1. The Hall–Kier alpha value is -7.22. The molecule has 4 aromatic carbocycles. The second-order valence-electron chi connectivity index (χ2n) is 13.2. The quantitative estimate of drug-likeness (QED) is 0.0419. The summed E-state index contributed by atoms with van der Waals surface area (Å²) in [6.07, 6.45) is 12.5. The number of phenols is 4. The van der Waals surface area contributed by atoms with Crippen molar-refractivity contribution < 1.29 is 30.0 Å². The maximum atomic E-state index is 12.1. The third-order valence-electron chi connectivity index (χ3n) is 8.77. The van der Waals surface area contributed by atoms with Gasteiger partial charge in [0, 0.05) is 37.6 Å². The first-order chi connectivity index (χ1) is 27.2. The Kier molecular flexibility index (Phi) is 12.9. The normalized spacial score (nSPS) is 11.4. The molecule has 0 saturated carbocycles. The van der Waals surface area contributed by atoms with Gasteiger partial charge in [-0.2, -0.15) is 0 Å². The van der Waals surface area contributed by atoms with Crippen molar-refractivity contribution in [3.05, 3.63) is 143 Å². The third kappa shape index (κ3) is 11.4. The Bertz CT molecular complexity index is 2150. The Morgan fingerprint density at radius 3 is 1.36 bits per heavy atom. The first-order valence-electron chi connectivity index (χ1n) is 18.1. The van der Waals surface area contributed by atoms with Gasteiger partial charge in [-0.15, -0.1) is 10.2 Å². The van der Waals surface area contributed by atoms with E-state index in [2.05, 4.69) is 79.8 Å². The highest BCUT2D eigenvalue weighted by atomic mass is 16.3. The van der Waals surface area contributed by atoms with Crippen molar-refractivity contribution in [2.75, 3.05) is 13.1 Å². The van der Waals surface area contributed by atoms with E-state index in [-0.39, 0.29) is 34.8 Å². The van der Waals surface area contributed by atoms with Crippen molar-refractivity contribution in [2.45, 2.75) is 38.8 Å². The smallest absolute Gasteiger partial charge is 0.243 e. The number of rotatable bonds is 17. The number of hydrogen-bond donors (Lipinski definition) is 6. The summed E-state index contributed by atoms with van der Waals surface area (Å²) >= 11 is 0. The van der Waals surface area contributed by atoms with E-state index < -0.39 is 0 Å². The lowest BCUT2D eigenvalue weighted by atomic mass is 10.0. The van der Waals surface area contributed by atoms with Crippen molar-refractivity contribution in [3.63, 3.8) is 0 Å². The summed E-state index contributed by atoms with van der Waals surface area (Å²) < 4.78 is 3.60. The van der Waals surface area contributed by atoms with Crippen molar-refractivity contribution >= 4 is 24.0 Å². The summed E-state index contributed by atoms with van der Waals surface area (Å²) in [6, 6.07) is 25.4. The maximum Gasteiger partial charge on any atom is 0.243 e. The predicted molar refractivity (Wildman–Crippen MR) is 210 cm³/mol. The van der Waals surface area contributed by atoms with Crippen molar-refractivity contribution in [3.8, 4) is 34.1 Å². The van der Waals surface area contributed by atoms with Crippen molar-refractivity contribution in [1.29, 1.82) is 0 Å². The summed E-state index contributed by atoms with van der Waals surface area (Å²) in [6.45, 7) is 2.12. The zero-order valence-electron chi connectivity index (χ0n) is 30.5. The molecule has 56 heavy (non-hydrogen) atoms. The molecule has 0 radical (unpaired) electrons. The van der Waals surface area contributed by atoms with Crippen LogP contribution in [0.15, 0.2) is 109 Å². The second-order valence-corrected chi connectivity index (χ2v) is 13.2. The van der Waals surface area contributed by atoms with E-state index in [4.69, 9.17) is 0 Å². The van der Waals surface area contributed by atoms with Gasteiger partial charge in [-0.3, -0.25) is 9.59 Å². The molecule has 2 aromatic heterocycles. The number of carbonyl (C=O) groups excluding carboxylic acids is 2. The standard InChI is InChI=1S/C42H42N8O6/c51-37-17-9-29(23-39(37)53)11-19-41(55)43-21-1-3-35-27-49(47-45-35)25-31-5-13-33(14-6-31)34-15-7-32(8-16-34)26-50-28-36(46-48-50)4-2-22-44-42(56)20-12-30-10-18-38(52)40(54)24-30/h5-20,23-24,27-28,51-54H,1-4,21-22,25-26H2,(H,43,55)(H,44,56)/b19-11+,20-12+. The molecule has 14 heteroatoms. The van der Waals surface area contributed by atoms with Crippen LogP contribution in [-0.4, -0.2) is 75.3 Å². The molecule has 0 bridgehead atoms. The van der Waals surface area contributed by atoms with E-state index in [0.717, 1.165) is 33.6 Å². The third-order valence-corrected chi connectivity index (χ3v) is 8.77. The van der Waals surface area contributed by atoms with E-state index in [9.17, 15) is 30.0 Å². The van der Waals surface area contributed by atoms with Crippen LogP contribution in [0, 0.1) is 0 Å². The fourth-order valence-electron chi connectivity index (χ4n) is 5.75. The molecular weight excluding hydrogens is 713 g/mol. The number of benzene rings is 4. The topological polar surface area (TPSA) is 201 Å². The molecule has 6 aromatic rings. The lowest BCUT2D eigenvalue weighted by Crippen LogP contribution is -2.22. The minimum absolute atomic E-state index is 0.211. The van der Waals surface area contributed by atoms with Gasteiger partial charge < -0.3 is 31.1 Å². The summed E-state index contributed by atoms with van der Waals surface area (Å²) in [4.78, 5) is 24.2. The number of nitrogens with zero attached hydrogens (tertiary/aromatic N) is 6. The van der Waals surface area contributed by atoms with Gasteiger partial charge in [0.2, 0.25) is 11.8 Å². The Morgan fingerprint density at radius 1 is 0.554 bits per heavy atom. The molecule has 286 valence electrons. The summed E-state index contributed by atoms with van der Waals surface area (Å²) in [5, 5.41) is 60.7. The summed E-state index contributed by atoms with van der Waals surface area (Å²) in [7, 11) is 0. The minimum Gasteiger partial charge on any atom is -0.504 e. The van der Waals surface area contributed by atoms with Crippen LogP contribution in [0.3, 0.4) is 0 Å². The molecule has 0 saturated heterocycles. The fourth-order valence-corrected chi connectivity index (χ4v) is 5.75. The van der Waals surface area contributed by atoms with E-state index in [0.29, 0.717) is 63.0 Å². The largest absolute Gasteiger partial charge is 0.504 e. The van der Waals surface area contributed by atoms with Gasteiger partial charge in [0.15, 0.2) is 23.0 Å². The average Bonchev–Trinajstić information content (AvgIpc) is 3.85. The number of nitrogens with one attached hydrogen (secondary N) is 2. The molecular formula is C42H42N8O6. The summed E-state index contributed by atoms with van der Waals surface area (Å²) in [5.41, 5.74) is 7.28. The molecule has 0 unspecified atom stereocenters. The van der Waals surface area contributed by atoms with Gasteiger partial charge in [0.1, 0.15) is 0 Å². The molecule has 0 atom stereocenters. The first kappa shape index (κ1) is 38.5. The zero-order valence-corrected chi connectivity index (χ0v) is 30.5. The highest BCUT2D eigenvalue weighted by molar-refractivity contribution is 5.92. The number of aryl methyl sites for hydroxylation is 2. The number of phenolic OH excluding ortho intramolecular Hbond substituents is 4. The monoisotopic (exact) mass is 754 g/mol. The van der Waals surface area contributed by atoms with Gasteiger partial charge >= 0.3 is 0 Å². The number of carbonyl (C=O) groups is 2. The SMILES string of the molecule is O=C(/C=C/c1ccc(O)c(O)c1)NCCCc1cn(Cc2ccc(-c3ccc(Cn4cc(CCCNC(=O)/C=C/c5ccc(O)c(O)c5)nn4)cc3)cc2)nn1. The van der Waals surface area contributed by atoms with E-state index in [1.54, 1.807) is 33.6 Å². The molecule has 2 amide bonds. The lowest BCUT2D eigenvalue weighted by Gasteiger charge is -2.07. The van der Waals surface area contributed by atoms with Crippen molar-refractivity contribution in [2.24, 2.45) is 0 Å². The van der Waals surface area contributed by atoms with Crippen LogP contribution in [0.25, 0.3) is 23.3 Å². The van der Waals surface area contributed by atoms with Gasteiger partial charge in [-0.25, -0.2) is 9.36 Å². The van der Waals surface area contributed by atoms with E-state index in [1.165, 1.54) is 36.4 Å². The lowest BCUT2D eigenvalue weighted by molar-refractivity contribution is -0.117. The van der Waals surface area contributed by atoms with E-state index in [1.807, 2.05) is 12.4 Å². The van der Waals surface area contributed by atoms with Gasteiger partial charge in [0.05, 0.1) is 24.5 Å². The Morgan fingerprint density at radius 2 is 0.964 bits per heavy atom. The van der Waals surface area contributed by atoms with Crippen LogP contribution in [0.1, 0.15) is 46.5 Å². The molecule has 0 aliphatic heterocycles. The molecule has 14 nitrogen and oxygen atoms in total. The average molecular weight is 755 g/mol. The Balaban J connectivity index is 0.882. The molecule has 6 rings (SSSR count).